The molecule has 4 heteroatoms. The van der Waals surface area contributed by atoms with Crippen LogP contribution in [-0.2, 0) is 0 Å². The lowest BCUT2D eigenvalue weighted by molar-refractivity contribution is 0.0697. The van der Waals surface area contributed by atoms with Crippen LogP contribution in [0.3, 0.4) is 0 Å². The molecule has 2 N–H and O–H groups in total. The van der Waals surface area contributed by atoms with E-state index in [9.17, 15) is 4.79 Å². The molecule has 4 nitrogen and oxygen atoms in total. The number of aromatic nitrogens is 1. The molecule has 21 heavy (non-hydrogen) atoms. The van der Waals surface area contributed by atoms with E-state index >= 15 is 0 Å². The summed E-state index contributed by atoms with van der Waals surface area (Å²) in [7, 11) is 0. The quantitative estimate of drug-likeness (QED) is 0.760. The number of carboxylic acid groups (broad SMARTS) is 1. The minimum atomic E-state index is -0.916. The predicted octanol–water partition coefficient (Wildman–Crippen LogP) is 3.99. The molecule has 104 valence electrons. The van der Waals surface area contributed by atoms with Gasteiger partial charge in [-0.25, -0.2) is 4.79 Å². The number of hydrogen-bond donors (Lipinski definition) is 2. The molecule has 0 aliphatic rings. The third-order valence-corrected chi connectivity index (χ3v) is 3.42. The zero-order valence-electron chi connectivity index (χ0n) is 11.5. The number of hydrogen-bond acceptors (Lipinski definition) is 3. The molecule has 0 saturated carbocycles. The van der Waals surface area contributed by atoms with Gasteiger partial charge in [0.25, 0.3) is 0 Å². The normalized spacial score (nSPS) is 10.5. The van der Waals surface area contributed by atoms with Gasteiger partial charge in [0.2, 0.25) is 0 Å². The van der Waals surface area contributed by atoms with Gasteiger partial charge in [-0.15, -0.1) is 0 Å². The van der Waals surface area contributed by atoms with Crippen LogP contribution < -0.4 is 5.32 Å². The highest BCUT2D eigenvalue weighted by Crippen LogP contribution is 2.27. The number of benzene rings is 2. The fraction of sp³-hybridized carbons (Fsp3) is 0.0588. The van der Waals surface area contributed by atoms with Crippen molar-refractivity contribution in [3.05, 3.63) is 66.0 Å². The van der Waals surface area contributed by atoms with Crippen LogP contribution >= 0.6 is 0 Å². The summed E-state index contributed by atoms with van der Waals surface area (Å²) in [5.74, 6) is -0.916. The number of carboxylic acids is 1. The summed E-state index contributed by atoms with van der Waals surface area (Å²) in [5.41, 5.74) is 3.05. The van der Waals surface area contributed by atoms with Gasteiger partial charge in [-0.1, -0.05) is 12.1 Å². The number of nitrogens with zero attached hydrogens (tertiary/aromatic N) is 1. The van der Waals surface area contributed by atoms with Gasteiger partial charge in [-0.3, -0.25) is 4.98 Å². The summed E-state index contributed by atoms with van der Waals surface area (Å²) >= 11 is 0. The number of rotatable bonds is 3. The van der Waals surface area contributed by atoms with E-state index in [1.807, 2.05) is 37.4 Å². The van der Waals surface area contributed by atoms with E-state index in [-0.39, 0.29) is 0 Å². The smallest absolute Gasteiger partial charge is 0.335 e. The van der Waals surface area contributed by atoms with Gasteiger partial charge in [0.15, 0.2) is 0 Å². The van der Waals surface area contributed by atoms with E-state index < -0.39 is 5.97 Å². The molecule has 3 rings (SSSR count). The molecule has 0 aliphatic heterocycles. The van der Waals surface area contributed by atoms with Crippen molar-refractivity contribution in [3.63, 3.8) is 0 Å². The molecule has 0 fully saturated rings. The highest BCUT2D eigenvalue weighted by Gasteiger charge is 2.07. The van der Waals surface area contributed by atoms with Gasteiger partial charge in [0.05, 0.1) is 5.56 Å². The SMILES string of the molecule is Cc1cc(C(=O)O)ccc1Nc1cccc2cnccc12. The molecule has 0 radical (unpaired) electrons. The van der Waals surface area contributed by atoms with Crippen LogP contribution in [0.2, 0.25) is 0 Å². The molecule has 2 aromatic carbocycles. The van der Waals surface area contributed by atoms with Gasteiger partial charge >= 0.3 is 5.97 Å². The van der Waals surface area contributed by atoms with Crippen molar-refractivity contribution in [2.75, 3.05) is 5.32 Å². The second kappa shape index (κ2) is 5.25. The van der Waals surface area contributed by atoms with Crippen LogP contribution in [0.5, 0.6) is 0 Å². The molecular formula is C17H14N2O2. The lowest BCUT2D eigenvalue weighted by Gasteiger charge is -2.12. The molecule has 0 atom stereocenters. The summed E-state index contributed by atoms with van der Waals surface area (Å²) in [5, 5.41) is 14.5. The molecule has 1 aromatic heterocycles. The van der Waals surface area contributed by atoms with Crippen LogP contribution in [0.1, 0.15) is 15.9 Å². The van der Waals surface area contributed by atoms with Gasteiger partial charge in [0, 0.05) is 34.5 Å². The molecule has 0 saturated heterocycles. The summed E-state index contributed by atoms with van der Waals surface area (Å²) in [4.78, 5) is 15.1. The maximum absolute atomic E-state index is 11.0. The summed E-state index contributed by atoms with van der Waals surface area (Å²) in [6, 6.07) is 13.0. The first-order valence-electron chi connectivity index (χ1n) is 6.59. The van der Waals surface area contributed by atoms with Crippen LogP contribution in [0, 0.1) is 6.92 Å². The van der Waals surface area contributed by atoms with Crippen LogP contribution in [0.15, 0.2) is 54.9 Å². The Bertz CT molecular complexity index is 823. The zero-order valence-corrected chi connectivity index (χ0v) is 11.5. The van der Waals surface area contributed by atoms with Gasteiger partial charge < -0.3 is 10.4 Å². The second-order valence-electron chi connectivity index (χ2n) is 4.86. The molecule has 1 heterocycles. The Morgan fingerprint density at radius 3 is 2.76 bits per heavy atom. The van der Waals surface area contributed by atoms with Crippen molar-refractivity contribution < 1.29 is 9.90 Å². The summed E-state index contributed by atoms with van der Waals surface area (Å²) in [6.07, 6.45) is 3.58. The Kier molecular flexibility index (Phi) is 3.28. The molecule has 0 spiro atoms. The number of aryl methyl sites for hydroxylation is 1. The maximum Gasteiger partial charge on any atom is 0.335 e. The zero-order chi connectivity index (χ0) is 14.8. The minimum Gasteiger partial charge on any atom is -0.478 e. The van der Waals surface area contributed by atoms with Crippen LogP contribution in [0.4, 0.5) is 11.4 Å². The number of fused-ring (bicyclic) bond motifs is 1. The third kappa shape index (κ3) is 2.56. The molecule has 0 bridgehead atoms. The average Bonchev–Trinajstić information content (AvgIpc) is 2.49. The molecular weight excluding hydrogens is 264 g/mol. The first-order valence-corrected chi connectivity index (χ1v) is 6.59. The lowest BCUT2D eigenvalue weighted by Crippen LogP contribution is -1.99. The average molecular weight is 278 g/mol. The fourth-order valence-corrected chi connectivity index (χ4v) is 2.31. The standard InChI is InChI=1S/C17H14N2O2/c1-11-9-12(17(20)21)5-6-15(11)19-16-4-2-3-13-10-18-8-7-14(13)16/h2-10,19H,1H3,(H,20,21). The monoisotopic (exact) mass is 278 g/mol. The highest BCUT2D eigenvalue weighted by atomic mass is 16.4. The lowest BCUT2D eigenvalue weighted by atomic mass is 10.1. The fourth-order valence-electron chi connectivity index (χ4n) is 2.31. The Balaban J connectivity index is 2.01. The van der Waals surface area contributed by atoms with Crippen molar-refractivity contribution in [1.82, 2.24) is 4.98 Å². The van der Waals surface area contributed by atoms with E-state index in [1.165, 1.54) is 0 Å². The number of anilines is 2. The number of pyridine rings is 1. The maximum atomic E-state index is 11.0. The minimum absolute atomic E-state index is 0.292. The van der Waals surface area contributed by atoms with Crippen molar-refractivity contribution in [2.45, 2.75) is 6.92 Å². The van der Waals surface area contributed by atoms with E-state index in [0.29, 0.717) is 5.56 Å². The van der Waals surface area contributed by atoms with E-state index in [2.05, 4.69) is 10.3 Å². The van der Waals surface area contributed by atoms with Crippen molar-refractivity contribution >= 4 is 28.1 Å². The number of carbonyl (C=O) groups is 1. The van der Waals surface area contributed by atoms with Crippen molar-refractivity contribution in [1.29, 1.82) is 0 Å². The Morgan fingerprint density at radius 1 is 1.14 bits per heavy atom. The molecule has 0 aliphatic carbocycles. The first-order chi connectivity index (χ1) is 10.1. The van der Waals surface area contributed by atoms with E-state index in [4.69, 9.17) is 5.11 Å². The molecule has 3 aromatic rings. The van der Waals surface area contributed by atoms with Crippen molar-refractivity contribution in [3.8, 4) is 0 Å². The van der Waals surface area contributed by atoms with Gasteiger partial charge in [-0.2, -0.15) is 0 Å². The Morgan fingerprint density at radius 2 is 2.00 bits per heavy atom. The van der Waals surface area contributed by atoms with Gasteiger partial charge in [0.1, 0.15) is 0 Å². The summed E-state index contributed by atoms with van der Waals surface area (Å²) in [6.45, 7) is 1.89. The predicted molar refractivity (Wildman–Crippen MR) is 83.2 cm³/mol. The topological polar surface area (TPSA) is 62.2 Å². The largest absolute Gasteiger partial charge is 0.478 e. The first kappa shape index (κ1) is 13.1. The summed E-state index contributed by atoms with van der Waals surface area (Å²) < 4.78 is 0. The van der Waals surface area contributed by atoms with E-state index in [0.717, 1.165) is 27.7 Å². The van der Waals surface area contributed by atoms with E-state index in [1.54, 1.807) is 24.4 Å². The highest BCUT2D eigenvalue weighted by molar-refractivity contribution is 5.95. The molecule has 0 unspecified atom stereocenters. The molecule has 0 amide bonds. The number of nitrogens with one attached hydrogen (secondary N) is 1. The van der Waals surface area contributed by atoms with Gasteiger partial charge in [-0.05, 0) is 42.8 Å². The van der Waals surface area contributed by atoms with Crippen LogP contribution in [0.25, 0.3) is 10.8 Å². The Hall–Kier alpha value is -2.88. The Labute approximate surface area is 122 Å². The van der Waals surface area contributed by atoms with Crippen LogP contribution in [-0.4, -0.2) is 16.1 Å². The van der Waals surface area contributed by atoms with Crippen molar-refractivity contribution in [2.24, 2.45) is 0 Å². The second-order valence-corrected chi connectivity index (χ2v) is 4.86. The number of aromatic carboxylic acids is 1. The third-order valence-electron chi connectivity index (χ3n) is 3.42.